The van der Waals surface area contributed by atoms with Crippen molar-refractivity contribution in [2.75, 3.05) is 53.8 Å². The molecule has 184 valence electrons. The highest BCUT2D eigenvalue weighted by molar-refractivity contribution is 5.78. The normalized spacial score (nSPS) is 19.6. The molecule has 0 aliphatic carbocycles. The van der Waals surface area contributed by atoms with Gasteiger partial charge in [0.2, 0.25) is 12.7 Å². The van der Waals surface area contributed by atoms with Crippen LogP contribution in [0.15, 0.2) is 42.5 Å². The monoisotopic (exact) mass is 468 g/mol. The Balaban J connectivity index is 1.56. The molecule has 0 radical (unpaired) electrons. The van der Waals surface area contributed by atoms with E-state index in [9.17, 15) is 4.79 Å². The first-order valence-electron chi connectivity index (χ1n) is 12.0. The van der Waals surface area contributed by atoms with E-state index in [1.807, 2.05) is 36.9 Å². The molecule has 2 aliphatic heterocycles. The average Bonchev–Trinajstić information content (AvgIpc) is 3.47. The number of amides is 1. The molecule has 1 fully saturated rings. The lowest BCUT2D eigenvalue weighted by Gasteiger charge is -2.30. The molecule has 2 aromatic carbocycles. The van der Waals surface area contributed by atoms with Crippen molar-refractivity contribution < 1.29 is 23.7 Å². The molecule has 0 N–H and O–H groups in total. The Kier molecular flexibility index (Phi) is 7.95. The molecular weight excluding hydrogens is 432 g/mol. The number of hydrogen-bond acceptors (Lipinski definition) is 6. The van der Waals surface area contributed by atoms with Gasteiger partial charge in [-0.15, -0.1) is 0 Å². The fourth-order valence-corrected chi connectivity index (χ4v) is 5.04. The van der Waals surface area contributed by atoms with Gasteiger partial charge in [0.15, 0.2) is 11.5 Å². The molecular formula is C27H36N2O5. The fourth-order valence-electron chi connectivity index (χ4n) is 5.04. The van der Waals surface area contributed by atoms with E-state index in [0.717, 1.165) is 36.9 Å². The molecule has 0 saturated carbocycles. The predicted molar refractivity (Wildman–Crippen MR) is 130 cm³/mol. The second kappa shape index (κ2) is 11.1. The van der Waals surface area contributed by atoms with Crippen molar-refractivity contribution in [3.63, 3.8) is 0 Å². The van der Waals surface area contributed by atoms with Crippen LogP contribution in [0, 0.1) is 11.8 Å². The number of para-hydroxylation sites is 1. The van der Waals surface area contributed by atoms with Gasteiger partial charge in [-0.2, -0.15) is 0 Å². The molecule has 0 spiro atoms. The highest BCUT2D eigenvalue weighted by atomic mass is 16.7. The number of rotatable bonds is 10. The van der Waals surface area contributed by atoms with Gasteiger partial charge in [-0.1, -0.05) is 38.1 Å². The molecule has 7 heteroatoms. The molecule has 34 heavy (non-hydrogen) atoms. The number of fused-ring (bicyclic) bond motifs is 1. The molecule has 0 aromatic heterocycles. The van der Waals surface area contributed by atoms with Crippen LogP contribution in [0.2, 0.25) is 0 Å². The maximum atomic E-state index is 13.0. The minimum atomic E-state index is -0.0484. The van der Waals surface area contributed by atoms with Gasteiger partial charge in [-0.3, -0.25) is 9.69 Å². The molecule has 0 bridgehead atoms. The van der Waals surface area contributed by atoms with Crippen molar-refractivity contribution in [3.8, 4) is 17.2 Å². The zero-order valence-corrected chi connectivity index (χ0v) is 20.7. The number of hydrogen-bond donors (Lipinski definition) is 0. The number of nitrogens with zero attached hydrogens (tertiary/aromatic N) is 2. The minimum absolute atomic E-state index is 0.0484. The van der Waals surface area contributed by atoms with E-state index >= 15 is 0 Å². The van der Waals surface area contributed by atoms with E-state index in [2.05, 4.69) is 29.2 Å². The Labute approximate surface area is 202 Å². The smallest absolute Gasteiger partial charge is 0.231 e. The summed E-state index contributed by atoms with van der Waals surface area (Å²) in [5.41, 5.74) is 2.39. The van der Waals surface area contributed by atoms with E-state index in [1.165, 1.54) is 11.1 Å². The summed E-state index contributed by atoms with van der Waals surface area (Å²) in [7, 11) is 3.40. The summed E-state index contributed by atoms with van der Waals surface area (Å²) in [4.78, 5) is 17.4. The van der Waals surface area contributed by atoms with Crippen LogP contribution in [0.1, 0.15) is 30.9 Å². The zero-order chi connectivity index (χ0) is 24.1. The second-order valence-corrected chi connectivity index (χ2v) is 9.42. The van der Waals surface area contributed by atoms with Gasteiger partial charge in [-0.05, 0) is 35.2 Å². The quantitative estimate of drug-likeness (QED) is 0.529. The van der Waals surface area contributed by atoms with Gasteiger partial charge < -0.3 is 23.8 Å². The lowest BCUT2D eigenvalue weighted by molar-refractivity contribution is -0.135. The lowest BCUT2D eigenvalue weighted by atomic mass is 9.87. The molecule has 7 nitrogen and oxygen atoms in total. The van der Waals surface area contributed by atoms with Crippen LogP contribution in [0.5, 0.6) is 17.2 Å². The summed E-state index contributed by atoms with van der Waals surface area (Å²) in [6.45, 7) is 8.63. The van der Waals surface area contributed by atoms with Crippen LogP contribution in [-0.4, -0.2) is 69.5 Å². The van der Waals surface area contributed by atoms with Crippen molar-refractivity contribution in [1.29, 1.82) is 0 Å². The van der Waals surface area contributed by atoms with Gasteiger partial charge in [0.25, 0.3) is 0 Å². The molecule has 2 heterocycles. The Bertz CT molecular complexity index is 979. The van der Waals surface area contributed by atoms with E-state index in [0.29, 0.717) is 19.7 Å². The molecule has 1 amide bonds. The standard InChI is InChI=1S/C27H36N2O5/c1-19(2)27(30)29(11-12-31-3)16-21-15-28(14-20-9-10-25-26(13-20)34-18-33-25)17-23(21)22-7-5-6-8-24(22)32-4/h5-10,13,19,21,23H,11-12,14-18H2,1-4H3. The van der Waals surface area contributed by atoms with Crippen LogP contribution in [0.3, 0.4) is 0 Å². The maximum Gasteiger partial charge on any atom is 0.231 e. The SMILES string of the molecule is COCCN(CC1CN(Cc2ccc3c(c2)OCO3)CC1c1ccccc1OC)C(=O)C(C)C. The third-order valence-corrected chi connectivity index (χ3v) is 6.72. The van der Waals surface area contributed by atoms with Gasteiger partial charge >= 0.3 is 0 Å². The zero-order valence-electron chi connectivity index (χ0n) is 20.7. The van der Waals surface area contributed by atoms with Crippen LogP contribution in [0.25, 0.3) is 0 Å². The van der Waals surface area contributed by atoms with Crippen molar-refractivity contribution in [1.82, 2.24) is 9.80 Å². The van der Waals surface area contributed by atoms with Gasteiger partial charge in [0, 0.05) is 51.7 Å². The number of methoxy groups -OCH3 is 2. The van der Waals surface area contributed by atoms with Crippen LogP contribution in [0.4, 0.5) is 0 Å². The summed E-state index contributed by atoms with van der Waals surface area (Å²) >= 11 is 0. The molecule has 1 saturated heterocycles. The predicted octanol–water partition coefficient (Wildman–Crippen LogP) is 3.77. The first kappa shape index (κ1) is 24.4. The average molecular weight is 469 g/mol. The first-order valence-corrected chi connectivity index (χ1v) is 12.0. The number of likely N-dealkylation sites (tertiary alicyclic amines) is 1. The van der Waals surface area contributed by atoms with E-state index in [1.54, 1.807) is 14.2 Å². The first-order chi connectivity index (χ1) is 16.5. The van der Waals surface area contributed by atoms with Crippen molar-refractivity contribution in [2.45, 2.75) is 26.3 Å². The maximum absolute atomic E-state index is 13.0. The summed E-state index contributed by atoms with van der Waals surface area (Å²) in [6, 6.07) is 14.4. The van der Waals surface area contributed by atoms with E-state index < -0.39 is 0 Å². The van der Waals surface area contributed by atoms with Crippen molar-refractivity contribution in [2.24, 2.45) is 11.8 Å². The summed E-state index contributed by atoms with van der Waals surface area (Å²) < 4.78 is 22.1. The Morgan fingerprint density at radius 2 is 1.91 bits per heavy atom. The number of carbonyl (C=O) groups is 1. The van der Waals surface area contributed by atoms with Crippen LogP contribution >= 0.6 is 0 Å². The Morgan fingerprint density at radius 3 is 2.68 bits per heavy atom. The number of benzene rings is 2. The van der Waals surface area contributed by atoms with Crippen molar-refractivity contribution in [3.05, 3.63) is 53.6 Å². The van der Waals surface area contributed by atoms with Gasteiger partial charge in [0.05, 0.1) is 13.7 Å². The van der Waals surface area contributed by atoms with Crippen molar-refractivity contribution >= 4 is 5.91 Å². The Morgan fingerprint density at radius 1 is 1.12 bits per heavy atom. The largest absolute Gasteiger partial charge is 0.496 e. The second-order valence-electron chi connectivity index (χ2n) is 9.42. The minimum Gasteiger partial charge on any atom is -0.496 e. The fraction of sp³-hybridized carbons (Fsp3) is 0.519. The number of carbonyl (C=O) groups excluding carboxylic acids is 1. The highest BCUT2D eigenvalue weighted by Gasteiger charge is 2.37. The molecule has 2 aromatic rings. The topological polar surface area (TPSA) is 60.5 Å². The number of ether oxygens (including phenoxy) is 4. The summed E-state index contributed by atoms with van der Waals surface area (Å²) in [6.07, 6.45) is 0. The van der Waals surface area contributed by atoms with Gasteiger partial charge in [-0.25, -0.2) is 0 Å². The Hall–Kier alpha value is -2.77. The highest BCUT2D eigenvalue weighted by Crippen LogP contribution is 2.39. The van der Waals surface area contributed by atoms with Crippen LogP contribution in [-0.2, 0) is 16.1 Å². The third kappa shape index (κ3) is 5.47. The van der Waals surface area contributed by atoms with Gasteiger partial charge in [0.1, 0.15) is 5.75 Å². The van der Waals surface area contributed by atoms with E-state index in [-0.39, 0.29) is 30.5 Å². The van der Waals surface area contributed by atoms with E-state index in [4.69, 9.17) is 18.9 Å². The summed E-state index contributed by atoms with van der Waals surface area (Å²) in [5, 5.41) is 0. The summed E-state index contributed by atoms with van der Waals surface area (Å²) in [5.74, 6) is 3.18. The molecule has 2 unspecified atom stereocenters. The molecule has 2 atom stereocenters. The lowest BCUT2D eigenvalue weighted by Crippen LogP contribution is -2.41. The molecule has 4 rings (SSSR count). The van der Waals surface area contributed by atoms with Crippen LogP contribution < -0.4 is 14.2 Å². The molecule has 2 aliphatic rings. The third-order valence-electron chi connectivity index (χ3n) is 6.72.